The number of nitrogens with zero attached hydrogens (tertiary/aromatic N) is 2. The number of imide groups is 1. The quantitative estimate of drug-likeness (QED) is 0.800. The van der Waals surface area contributed by atoms with E-state index in [1.54, 1.807) is 29.2 Å². The van der Waals surface area contributed by atoms with E-state index in [-0.39, 0.29) is 30.7 Å². The smallest absolute Gasteiger partial charge is 0.261 e. The van der Waals surface area contributed by atoms with Crippen molar-refractivity contribution in [3.8, 4) is 0 Å². The summed E-state index contributed by atoms with van der Waals surface area (Å²) in [5.41, 5.74) is 2.95. The molecule has 5 heteroatoms. The molecule has 5 nitrogen and oxygen atoms in total. The molecule has 0 bridgehead atoms. The first-order valence-corrected chi connectivity index (χ1v) is 8.92. The van der Waals surface area contributed by atoms with Crippen LogP contribution in [0.5, 0.6) is 0 Å². The first-order valence-electron chi connectivity index (χ1n) is 8.92. The molecular formula is C21H20N2O3. The van der Waals surface area contributed by atoms with Crippen LogP contribution in [0.25, 0.3) is 0 Å². The van der Waals surface area contributed by atoms with Crippen LogP contribution in [-0.4, -0.2) is 35.7 Å². The van der Waals surface area contributed by atoms with E-state index in [9.17, 15) is 14.4 Å². The third-order valence-electron chi connectivity index (χ3n) is 5.27. The maximum Gasteiger partial charge on any atom is 0.261 e. The zero-order chi connectivity index (χ0) is 18.3. The Morgan fingerprint density at radius 1 is 1.00 bits per heavy atom. The number of benzene rings is 2. The van der Waals surface area contributed by atoms with Crippen molar-refractivity contribution < 1.29 is 14.4 Å². The number of hydrogen-bond donors (Lipinski definition) is 0. The Bertz CT molecular complexity index is 871. The van der Waals surface area contributed by atoms with Gasteiger partial charge in [-0.1, -0.05) is 37.3 Å². The molecule has 0 N–H and O–H groups in total. The molecule has 0 saturated heterocycles. The van der Waals surface area contributed by atoms with Gasteiger partial charge in [-0.05, 0) is 36.1 Å². The molecule has 0 saturated carbocycles. The van der Waals surface area contributed by atoms with E-state index >= 15 is 0 Å². The summed E-state index contributed by atoms with van der Waals surface area (Å²) in [4.78, 5) is 40.6. The van der Waals surface area contributed by atoms with Gasteiger partial charge in [-0.25, -0.2) is 0 Å². The van der Waals surface area contributed by atoms with Crippen molar-refractivity contribution in [3.05, 3.63) is 65.2 Å². The topological polar surface area (TPSA) is 57.7 Å². The Morgan fingerprint density at radius 2 is 1.62 bits per heavy atom. The van der Waals surface area contributed by atoms with Gasteiger partial charge >= 0.3 is 0 Å². The summed E-state index contributed by atoms with van der Waals surface area (Å²) in [6.45, 7) is 2.94. The van der Waals surface area contributed by atoms with E-state index in [4.69, 9.17) is 0 Å². The number of rotatable bonds is 3. The SMILES string of the molecule is CC1CCN(C(=O)CCN2C(=O)c3ccccc3C2=O)c2ccccc21. The van der Waals surface area contributed by atoms with Gasteiger partial charge in [0.05, 0.1) is 11.1 Å². The van der Waals surface area contributed by atoms with Crippen molar-refractivity contribution in [1.82, 2.24) is 4.90 Å². The molecule has 0 aromatic heterocycles. The molecule has 1 unspecified atom stereocenters. The van der Waals surface area contributed by atoms with Crippen LogP contribution in [-0.2, 0) is 4.79 Å². The minimum atomic E-state index is -0.314. The molecule has 3 amide bonds. The zero-order valence-corrected chi connectivity index (χ0v) is 14.6. The molecule has 132 valence electrons. The lowest BCUT2D eigenvalue weighted by atomic mass is 9.91. The molecule has 0 spiro atoms. The summed E-state index contributed by atoms with van der Waals surface area (Å²) < 4.78 is 0. The van der Waals surface area contributed by atoms with Crippen LogP contribution in [0.15, 0.2) is 48.5 Å². The Hall–Kier alpha value is -2.95. The maximum absolute atomic E-state index is 12.8. The number of carbonyl (C=O) groups is 3. The molecule has 0 fully saturated rings. The van der Waals surface area contributed by atoms with Crippen LogP contribution in [0.3, 0.4) is 0 Å². The molecule has 2 heterocycles. The third kappa shape index (κ3) is 2.60. The third-order valence-corrected chi connectivity index (χ3v) is 5.27. The van der Waals surface area contributed by atoms with Crippen molar-refractivity contribution in [2.24, 2.45) is 0 Å². The number of fused-ring (bicyclic) bond motifs is 2. The van der Waals surface area contributed by atoms with Gasteiger partial charge in [-0.3, -0.25) is 19.3 Å². The van der Waals surface area contributed by atoms with E-state index in [1.807, 2.05) is 18.2 Å². The molecular weight excluding hydrogens is 328 g/mol. The predicted molar refractivity (Wildman–Crippen MR) is 98.3 cm³/mol. The van der Waals surface area contributed by atoms with Crippen molar-refractivity contribution in [3.63, 3.8) is 0 Å². The van der Waals surface area contributed by atoms with E-state index in [1.165, 1.54) is 10.5 Å². The fourth-order valence-corrected chi connectivity index (χ4v) is 3.79. The van der Waals surface area contributed by atoms with Gasteiger partial charge in [0.2, 0.25) is 5.91 Å². The summed E-state index contributed by atoms with van der Waals surface area (Å²) in [6.07, 6.45) is 1.05. The number of amides is 3. The number of para-hydroxylation sites is 1. The van der Waals surface area contributed by atoms with E-state index in [0.717, 1.165) is 12.1 Å². The number of carbonyl (C=O) groups excluding carboxylic acids is 3. The van der Waals surface area contributed by atoms with E-state index in [2.05, 4.69) is 13.0 Å². The second kappa shape index (κ2) is 6.41. The van der Waals surface area contributed by atoms with E-state index in [0.29, 0.717) is 23.6 Å². The second-order valence-electron chi connectivity index (χ2n) is 6.85. The normalized spacial score (nSPS) is 18.7. The first kappa shape index (κ1) is 16.5. The van der Waals surface area contributed by atoms with Gasteiger partial charge in [-0.2, -0.15) is 0 Å². The average Bonchev–Trinajstić information content (AvgIpc) is 2.91. The Kier molecular flexibility index (Phi) is 4.07. The Balaban J connectivity index is 1.48. The van der Waals surface area contributed by atoms with Crippen LogP contribution < -0.4 is 4.90 Å². The fraction of sp³-hybridized carbons (Fsp3) is 0.286. The Labute approximate surface area is 152 Å². The highest BCUT2D eigenvalue weighted by Gasteiger charge is 2.35. The predicted octanol–water partition coefficient (Wildman–Crippen LogP) is 3.21. The maximum atomic E-state index is 12.8. The molecule has 2 aromatic carbocycles. The highest BCUT2D eigenvalue weighted by molar-refractivity contribution is 6.21. The standard InChI is InChI=1S/C21H20N2O3/c1-14-10-12-22(18-9-5-4-6-15(14)18)19(24)11-13-23-20(25)16-7-2-3-8-17(16)21(23)26/h2-9,14H,10-13H2,1H3. The van der Waals surface area contributed by atoms with Gasteiger partial charge in [-0.15, -0.1) is 0 Å². The fourth-order valence-electron chi connectivity index (χ4n) is 3.79. The summed E-state index contributed by atoms with van der Waals surface area (Å²) in [7, 11) is 0. The van der Waals surface area contributed by atoms with Crippen LogP contribution in [0, 0.1) is 0 Å². The summed E-state index contributed by atoms with van der Waals surface area (Å²) >= 11 is 0. The minimum absolute atomic E-state index is 0.0547. The van der Waals surface area contributed by atoms with Gasteiger partial charge in [0.15, 0.2) is 0 Å². The van der Waals surface area contributed by atoms with Crippen LogP contribution >= 0.6 is 0 Å². The van der Waals surface area contributed by atoms with Crippen LogP contribution in [0.2, 0.25) is 0 Å². The van der Waals surface area contributed by atoms with Gasteiger partial charge in [0.1, 0.15) is 0 Å². The first-order chi connectivity index (χ1) is 12.6. The monoisotopic (exact) mass is 348 g/mol. The highest BCUT2D eigenvalue weighted by atomic mass is 16.2. The molecule has 0 aliphatic carbocycles. The number of anilines is 1. The lowest BCUT2D eigenvalue weighted by molar-refractivity contribution is -0.118. The molecule has 1 atom stereocenters. The molecule has 2 aliphatic heterocycles. The van der Waals surface area contributed by atoms with Gasteiger partial charge < -0.3 is 4.90 Å². The molecule has 4 rings (SSSR count). The second-order valence-corrected chi connectivity index (χ2v) is 6.85. The lowest BCUT2D eigenvalue weighted by Crippen LogP contribution is -2.39. The van der Waals surface area contributed by atoms with Crippen LogP contribution in [0.1, 0.15) is 52.0 Å². The highest BCUT2D eigenvalue weighted by Crippen LogP contribution is 2.35. The summed E-state index contributed by atoms with van der Waals surface area (Å²) in [5, 5.41) is 0. The average molecular weight is 348 g/mol. The van der Waals surface area contributed by atoms with Crippen molar-refractivity contribution >= 4 is 23.4 Å². The lowest BCUT2D eigenvalue weighted by Gasteiger charge is -2.33. The largest absolute Gasteiger partial charge is 0.312 e. The molecule has 2 aliphatic rings. The van der Waals surface area contributed by atoms with Crippen LogP contribution in [0.4, 0.5) is 5.69 Å². The zero-order valence-electron chi connectivity index (χ0n) is 14.6. The molecule has 26 heavy (non-hydrogen) atoms. The van der Waals surface area contributed by atoms with Crippen molar-refractivity contribution in [2.75, 3.05) is 18.0 Å². The molecule has 2 aromatic rings. The minimum Gasteiger partial charge on any atom is -0.312 e. The number of hydrogen-bond acceptors (Lipinski definition) is 3. The van der Waals surface area contributed by atoms with Crippen molar-refractivity contribution in [1.29, 1.82) is 0 Å². The van der Waals surface area contributed by atoms with E-state index < -0.39 is 0 Å². The summed E-state index contributed by atoms with van der Waals surface area (Å²) in [6, 6.07) is 14.7. The van der Waals surface area contributed by atoms with Crippen molar-refractivity contribution in [2.45, 2.75) is 25.7 Å². The van der Waals surface area contributed by atoms with Gasteiger partial charge in [0.25, 0.3) is 11.8 Å². The molecule has 0 radical (unpaired) electrons. The summed E-state index contributed by atoms with van der Waals surface area (Å²) in [5.74, 6) is -0.260. The van der Waals surface area contributed by atoms with Gasteiger partial charge in [0, 0.05) is 25.2 Å². The Morgan fingerprint density at radius 3 is 2.31 bits per heavy atom.